The first-order valence-corrected chi connectivity index (χ1v) is 4.54. The average Bonchev–Trinajstić information content (AvgIpc) is 2.64. The van der Waals surface area contributed by atoms with E-state index in [1.54, 1.807) is 7.05 Å². The van der Waals surface area contributed by atoms with Crippen molar-refractivity contribution in [1.29, 1.82) is 0 Å². The second-order valence-corrected chi connectivity index (χ2v) is 3.38. The van der Waals surface area contributed by atoms with E-state index >= 15 is 0 Å². The molecule has 86 valence electrons. The normalized spacial score (nSPS) is 20.5. The first-order valence-electron chi connectivity index (χ1n) is 4.54. The summed E-state index contributed by atoms with van der Waals surface area (Å²) in [5, 5.41) is 8.93. The minimum absolute atomic E-state index is 0.410. The van der Waals surface area contributed by atoms with E-state index in [4.69, 9.17) is 0 Å². The van der Waals surface area contributed by atoms with Crippen LogP contribution in [0.1, 0.15) is 17.3 Å². The molecule has 1 atom stereocenters. The summed E-state index contributed by atoms with van der Waals surface area (Å²) < 4.78 is 36.9. The van der Waals surface area contributed by atoms with E-state index in [2.05, 4.69) is 15.8 Å². The molecule has 2 rings (SSSR count). The lowest BCUT2D eigenvalue weighted by Gasteiger charge is -2.11. The van der Waals surface area contributed by atoms with Gasteiger partial charge in [0.05, 0.1) is 5.56 Å². The van der Waals surface area contributed by atoms with Crippen molar-refractivity contribution in [3.05, 3.63) is 35.4 Å². The van der Waals surface area contributed by atoms with Crippen LogP contribution in [0.2, 0.25) is 0 Å². The van der Waals surface area contributed by atoms with Gasteiger partial charge in [0.15, 0.2) is 6.17 Å². The topological polar surface area (TPSA) is 40.0 Å². The summed E-state index contributed by atoms with van der Waals surface area (Å²) in [6.07, 6.45) is -4.72. The number of benzene rings is 1. The predicted octanol–water partition coefficient (Wildman–Crippen LogP) is 2.52. The van der Waals surface area contributed by atoms with Crippen LogP contribution < -0.4 is 5.43 Å². The molecule has 0 bridgehead atoms. The summed E-state index contributed by atoms with van der Waals surface area (Å²) in [5.74, 6) is 0. The molecule has 1 aliphatic heterocycles. The zero-order chi connectivity index (χ0) is 11.8. The SMILES string of the molecule is CN1N=NC(c2ccc(C(F)(F)F)cc2)N1. The van der Waals surface area contributed by atoms with E-state index in [-0.39, 0.29) is 0 Å². The van der Waals surface area contributed by atoms with Crippen LogP contribution in [-0.2, 0) is 6.18 Å². The fourth-order valence-electron chi connectivity index (χ4n) is 1.35. The number of alkyl halides is 3. The molecule has 0 aliphatic carbocycles. The Labute approximate surface area is 89.7 Å². The highest BCUT2D eigenvalue weighted by molar-refractivity contribution is 5.26. The largest absolute Gasteiger partial charge is 0.416 e. The third-order valence-electron chi connectivity index (χ3n) is 2.16. The Bertz CT molecular complexity index is 398. The Balaban J connectivity index is 2.17. The quantitative estimate of drug-likeness (QED) is 0.805. The number of hydrazine groups is 1. The van der Waals surface area contributed by atoms with E-state index in [9.17, 15) is 13.2 Å². The van der Waals surface area contributed by atoms with Crippen molar-refractivity contribution in [2.45, 2.75) is 12.3 Å². The monoisotopic (exact) mass is 230 g/mol. The molecule has 1 unspecified atom stereocenters. The van der Waals surface area contributed by atoms with Crippen molar-refractivity contribution in [2.24, 2.45) is 10.3 Å². The molecule has 1 heterocycles. The molecule has 0 aromatic heterocycles. The summed E-state index contributed by atoms with van der Waals surface area (Å²) in [7, 11) is 1.66. The molecule has 1 aromatic carbocycles. The van der Waals surface area contributed by atoms with Crippen LogP contribution in [0.15, 0.2) is 34.6 Å². The van der Waals surface area contributed by atoms with E-state index < -0.39 is 17.9 Å². The number of hydrogen-bond acceptors (Lipinski definition) is 4. The van der Waals surface area contributed by atoms with Crippen molar-refractivity contribution in [1.82, 2.24) is 10.5 Å². The second kappa shape index (κ2) is 3.75. The summed E-state index contributed by atoms with van der Waals surface area (Å²) in [5.41, 5.74) is 2.82. The van der Waals surface area contributed by atoms with Gasteiger partial charge in [-0.1, -0.05) is 17.4 Å². The Morgan fingerprint density at radius 3 is 2.31 bits per heavy atom. The Morgan fingerprint density at radius 1 is 1.25 bits per heavy atom. The molecule has 0 spiro atoms. The molecule has 0 radical (unpaired) electrons. The van der Waals surface area contributed by atoms with Crippen LogP contribution in [0, 0.1) is 0 Å². The standard InChI is InChI=1S/C9H9F3N4/c1-16-14-8(13-15-16)6-2-4-7(5-3-6)9(10,11)12/h2-5,8,14H,1H3. The van der Waals surface area contributed by atoms with Gasteiger partial charge in [0.2, 0.25) is 0 Å². The highest BCUT2D eigenvalue weighted by Crippen LogP contribution is 2.30. The van der Waals surface area contributed by atoms with E-state index in [0.29, 0.717) is 5.56 Å². The molecule has 0 fully saturated rings. The van der Waals surface area contributed by atoms with Crippen LogP contribution in [0.25, 0.3) is 0 Å². The van der Waals surface area contributed by atoms with Gasteiger partial charge in [-0.2, -0.15) is 18.6 Å². The summed E-state index contributed by atoms with van der Waals surface area (Å²) in [6, 6.07) is 4.84. The zero-order valence-corrected chi connectivity index (χ0v) is 8.36. The van der Waals surface area contributed by atoms with E-state index in [1.807, 2.05) is 0 Å². The molecule has 16 heavy (non-hydrogen) atoms. The van der Waals surface area contributed by atoms with Gasteiger partial charge in [-0.3, -0.25) is 0 Å². The Hall–Kier alpha value is -1.63. The van der Waals surface area contributed by atoms with Gasteiger partial charge in [-0.25, -0.2) is 5.12 Å². The third-order valence-corrected chi connectivity index (χ3v) is 2.16. The van der Waals surface area contributed by atoms with Crippen LogP contribution in [0.5, 0.6) is 0 Å². The van der Waals surface area contributed by atoms with Crippen molar-refractivity contribution in [3.8, 4) is 0 Å². The van der Waals surface area contributed by atoms with Gasteiger partial charge >= 0.3 is 6.18 Å². The van der Waals surface area contributed by atoms with Gasteiger partial charge in [-0.15, -0.1) is 5.11 Å². The van der Waals surface area contributed by atoms with Gasteiger partial charge in [0, 0.05) is 7.05 Å². The fourth-order valence-corrected chi connectivity index (χ4v) is 1.35. The first-order chi connectivity index (χ1) is 7.47. The van der Waals surface area contributed by atoms with E-state index in [1.165, 1.54) is 17.3 Å². The predicted molar refractivity (Wildman–Crippen MR) is 49.9 cm³/mol. The lowest BCUT2D eigenvalue weighted by atomic mass is 10.1. The fraction of sp³-hybridized carbons (Fsp3) is 0.333. The number of nitrogens with zero attached hydrogens (tertiary/aromatic N) is 3. The zero-order valence-electron chi connectivity index (χ0n) is 8.36. The molecule has 4 nitrogen and oxygen atoms in total. The lowest BCUT2D eigenvalue weighted by Crippen LogP contribution is -2.26. The maximum Gasteiger partial charge on any atom is 0.416 e. The molecular formula is C9H9F3N4. The molecule has 1 aliphatic rings. The van der Waals surface area contributed by atoms with Crippen LogP contribution >= 0.6 is 0 Å². The van der Waals surface area contributed by atoms with Gasteiger partial charge in [0.1, 0.15) is 0 Å². The summed E-state index contributed by atoms with van der Waals surface area (Å²) in [4.78, 5) is 0. The highest BCUT2D eigenvalue weighted by atomic mass is 19.4. The molecule has 0 saturated heterocycles. The number of rotatable bonds is 1. The van der Waals surface area contributed by atoms with E-state index in [0.717, 1.165) is 12.1 Å². The Morgan fingerprint density at radius 2 is 1.88 bits per heavy atom. The smallest absolute Gasteiger partial charge is 0.212 e. The van der Waals surface area contributed by atoms with Crippen LogP contribution in [-0.4, -0.2) is 12.2 Å². The maximum atomic E-state index is 12.3. The van der Waals surface area contributed by atoms with Gasteiger partial charge < -0.3 is 0 Å². The molecule has 1 aromatic rings. The molecular weight excluding hydrogens is 221 g/mol. The minimum atomic E-state index is -4.31. The molecule has 7 heteroatoms. The van der Waals surface area contributed by atoms with Crippen LogP contribution in [0.3, 0.4) is 0 Å². The Kier molecular flexibility index (Phi) is 2.55. The van der Waals surface area contributed by atoms with Crippen molar-refractivity contribution >= 4 is 0 Å². The molecule has 1 N–H and O–H groups in total. The van der Waals surface area contributed by atoms with Crippen molar-refractivity contribution in [2.75, 3.05) is 7.05 Å². The summed E-state index contributed by atoms with van der Waals surface area (Å²) in [6.45, 7) is 0. The molecule has 0 amide bonds. The third kappa shape index (κ3) is 2.13. The van der Waals surface area contributed by atoms with Crippen molar-refractivity contribution in [3.63, 3.8) is 0 Å². The maximum absolute atomic E-state index is 12.3. The summed E-state index contributed by atoms with van der Waals surface area (Å²) >= 11 is 0. The number of hydrogen-bond donors (Lipinski definition) is 1. The number of nitrogens with one attached hydrogen (secondary N) is 1. The molecule has 0 saturated carbocycles. The number of halogens is 3. The van der Waals surface area contributed by atoms with Crippen LogP contribution in [0.4, 0.5) is 13.2 Å². The van der Waals surface area contributed by atoms with Gasteiger partial charge in [0.25, 0.3) is 0 Å². The minimum Gasteiger partial charge on any atom is -0.212 e. The second-order valence-electron chi connectivity index (χ2n) is 3.38. The van der Waals surface area contributed by atoms with Crippen molar-refractivity contribution < 1.29 is 13.2 Å². The average molecular weight is 230 g/mol. The first kappa shape index (κ1) is 10.9. The van der Waals surface area contributed by atoms with Gasteiger partial charge in [-0.05, 0) is 17.7 Å². The lowest BCUT2D eigenvalue weighted by molar-refractivity contribution is -0.137. The highest BCUT2D eigenvalue weighted by Gasteiger charge is 2.30.